The number of aromatic nitrogens is 3. The number of amides is 1. The van der Waals surface area contributed by atoms with E-state index in [0.717, 1.165) is 23.3 Å². The average molecular weight is 324 g/mol. The van der Waals surface area contributed by atoms with Crippen LogP contribution in [0.3, 0.4) is 0 Å². The Morgan fingerprint density at radius 2 is 2.00 bits per heavy atom. The highest BCUT2D eigenvalue weighted by Crippen LogP contribution is 2.15. The molecular weight excluding hydrogens is 304 g/mol. The number of likely N-dealkylation sites (N-methyl/N-ethyl adjacent to an activating group) is 1. The highest BCUT2D eigenvalue weighted by Gasteiger charge is 2.14. The molecule has 1 aromatic heterocycles. The smallest absolute Gasteiger partial charge is 0.253 e. The minimum Gasteiger partial charge on any atom is -0.492 e. The highest BCUT2D eigenvalue weighted by molar-refractivity contribution is 5.97. The summed E-state index contributed by atoms with van der Waals surface area (Å²) in [5.41, 5.74) is 2.27. The average Bonchev–Trinajstić information content (AvgIpc) is 3.04. The lowest BCUT2D eigenvalue weighted by atomic mass is 10.1. The van der Waals surface area contributed by atoms with Crippen LogP contribution in [0.1, 0.15) is 17.3 Å². The van der Waals surface area contributed by atoms with E-state index >= 15 is 0 Å². The quantitative estimate of drug-likeness (QED) is 0.699. The summed E-state index contributed by atoms with van der Waals surface area (Å²) in [6, 6.07) is 15.1. The Bertz CT molecular complexity index is 829. The van der Waals surface area contributed by atoms with Crippen molar-refractivity contribution >= 4 is 16.9 Å². The van der Waals surface area contributed by atoms with E-state index in [4.69, 9.17) is 4.74 Å². The number of aryl methyl sites for hydroxylation is 1. The Morgan fingerprint density at radius 3 is 2.75 bits per heavy atom. The number of benzene rings is 2. The maximum absolute atomic E-state index is 12.5. The van der Waals surface area contributed by atoms with Gasteiger partial charge in [-0.2, -0.15) is 0 Å². The number of rotatable bonds is 6. The van der Waals surface area contributed by atoms with Crippen LogP contribution < -0.4 is 4.74 Å². The molecule has 0 aliphatic carbocycles. The molecule has 1 amide bonds. The SMILES string of the molecule is CCn1nnc2cc(C(=O)N(C)CCOc3ccccc3)ccc21. The monoisotopic (exact) mass is 324 g/mol. The third kappa shape index (κ3) is 3.37. The largest absolute Gasteiger partial charge is 0.492 e. The van der Waals surface area contributed by atoms with Crippen molar-refractivity contribution in [3.8, 4) is 5.75 Å². The molecule has 0 spiro atoms. The van der Waals surface area contributed by atoms with Gasteiger partial charge in [0.2, 0.25) is 0 Å². The van der Waals surface area contributed by atoms with Crippen molar-refractivity contribution in [2.45, 2.75) is 13.5 Å². The zero-order valence-electron chi connectivity index (χ0n) is 13.8. The zero-order valence-corrected chi connectivity index (χ0v) is 13.8. The van der Waals surface area contributed by atoms with Gasteiger partial charge in [0.05, 0.1) is 12.1 Å². The van der Waals surface area contributed by atoms with Crippen molar-refractivity contribution in [1.29, 1.82) is 0 Å². The summed E-state index contributed by atoms with van der Waals surface area (Å²) >= 11 is 0. The maximum atomic E-state index is 12.5. The van der Waals surface area contributed by atoms with Crippen molar-refractivity contribution in [3.05, 3.63) is 54.1 Å². The Kier molecular flexibility index (Phi) is 4.74. The Morgan fingerprint density at radius 1 is 1.21 bits per heavy atom. The van der Waals surface area contributed by atoms with Gasteiger partial charge in [-0.3, -0.25) is 4.79 Å². The topological polar surface area (TPSA) is 60.2 Å². The van der Waals surface area contributed by atoms with Gasteiger partial charge < -0.3 is 9.64 Å². The summed E-state index contributed by atoms with van der Waals surface area (Å²) in [6.45, 7) is 3.71. The van der Waals surface area contributed by atoms with Crippen LogP contribution in [0.5, 0.6) is 5.75 Å². The molecule has 3 aromatic rings. The second kappa shape index (κ2) is 7.12. The normalized spacial score (nSPS) is 10.8. The van der Waals surface area contributed by atoms with Crippen molar-refractivity contribution in [2.24, 2.45) is 0 Å². The molecule has 0 atom stereocenters. The molecular formula is C18H20N4O2. The van der Waals surface area contributed by atoms with Crippen LogP contribution in [0.25, 0.3) is 11.0 Å². The van der Waals surface area contributed by atoms with Crippen LogP contribution >= 0.6 is 0 Å². The molecule has 1 heterocycles. The first-order chi connectivity index (χ1) is 11.7. The van der Waals surface area contributed by atoms with E-state index < -0.39 is 0 Å². The summed E-state index contributed by atoms with van der Waals surface area (Å²) in [5, 5.41) is 8.18. The van der Waals surface area contributed by atoms with Crippen LogP contribution in [-0.4, -0.2) is 46.0 Å². The van der Waals surface area contributed by atoms with Gasteiger partial charge in [0, 0.05) is 19.2 Å². The fourth-order valence-electron chi connectivity index (χ4n) is 2.48. The van der Waals surface area contributed by atoms with E-state index in [1.54, 1.807) is 22.7 Å². The first kappa shape index (κ1) is 16.0. The van der Waals surface area contributed by atoms with Crippen molar-refractivity contribution in [2.75, 3.05) is 20.2 Å². The minimum atomic E-state index is -0.0559. The predicted octanol–water partition coefficient (Wildman–Crippen LogP) is 2.60. The van der Waals surface area contributed by atoms with Crippen molar-refractivity contribution < 1.29 is 9.53 Å². The lowest BCUT2D eigenvalue weighted by Crippen LogP contribution is -2.30. The number of ether oxygens (including phenoxy) is 1. The van der Waals surface area contributed by atoms with Gasteiger partial charge in [0.1, 0.15) is 17.9 Å². The van der Waals surface area contributed by atoms with E-state index in [1.165, 1.54) is 0 Å². The van der Waals surface area contributed by atoms with Gasteiger partial charge in [-0.05, 0) is 37.3 Å². The molecule has 6 nitrogen and oxygen atoms in total. The Balaban J connectivity index is 1.62. The maximum Gasteiger partial charge on any atom is 0.253 e. The van der Waals surface area contributed by atoms with Crippen LogP contribution in [0, 0.1) is 0 Å². The summed E-state index contributed by atoms with van der Waals surface area (Å²) in [6.07, 6.45) is 0. The number of hydrogen-bond acceptors (Lipinski definition) is 4. The van der Waals surface area contributed by atoms with Gasteiger partial charge in [-0.1, -0.05) is 23.4 Å². The molecule has 0 bridgehead atoms. The zero-order chi connectivity index (χ0) is 16.9. The molecule has 6 heteroatoms. The molecule has 0 aliphatic heterocycles. The van der Waals surface area contributed by atoms with Crippen molar-refractivity contribution in [1.82, 2.24) is 19.9 Å². The lowest BCUT2D eigenvalue weighted by Gasteiger charge is -2.17. The van der Waals surface area contributed by atoms with Gasteiger partial charge >= 0.3 is 0 Å². The van der Waals surface area contributed by atoms with Crippen LogP contribution in [0.2, 0.25) is 0 Å². The molecule has 0 unspecified atom stereocenters. The van der Waals surface area contributed by atoms with E-state index in [1.807, 2.05) is 49.4 Å². The van der Waals surface area contributed by atoms with E-state index in [-0.39, 0.29) is 5.91 Å². The van der Waals surface area contributed by atoms with Gasteiger partial charge in [0.25, 0.3) is 5.91 Å². The fourth-order valence-corrected chi connectivity index (χ4v) is 2.48. The van der Waals surface area contributed by atoms with Gasteiger partial charge in [0.15, 0.2) is 0 Å². The van der Waals surface area contributed by atoms with E-state index in [2.05, 4.69) is 10.3 Å². The molecule has 0 radical (unpaired) electrons. The lowest BCUT2D eigenvalue weighted by molar-refractivity contribution is 0.0774. The van der Waals surface area contributed by atoms with Crippen LogP contribution in [0.4, 0.5) is 0 Å². The number of nitrogens with zero attached hydrogens (tertiary/aromatic N) is 4. The fraction of sp³-hybridized carbons (Fsp3) is 0.278. The molecule has 0 N–H and O–H groups in total. The first-order valence-electron chi connectivity index (χ1n) is 7.95. The number of hydrogen-bond donors (Lipinski definition) is 0. The third-order valence-corrected chi connectivity index (χ3v) is 3.85. The first-order valence-corrected chi connectivity index (χ1v) is 7.95. The van der Waals surface area contributed by atoms with E-state index in [9.17, 15) is 4.79 Å². The van der Waals surface area contributed by atoms with Gasteiger partial charge in [-0.15, -0.1) is 5.10 Å². The second-order valence-corrected chi connectivity index (χ2v) is 5.50. The third-order valence-electron chi connectivity index (χ3n) is 3.85. The van der Waals surface area contributed by atoms with Crippen molar-refractivity contribution in [3.63, 3.8) is 0 Å². The number of carbonyl (C=O) groups excluding carboxylic acids is 1. The minimum absolute atomic E-state index is 0.0559. The molecule has 0 aliphatic rings. The standard InChI is InChI=1S/C18H20N4O2/c1-3-22-17-10-9-14(13-16(17)19-20-22)18(23)21(2)11-12-24-15-7-5-4-6-8-15/h4-10,13H,3,11-12H2,1-2H3. The number of carbonyl (C=O) groups is 1. The Hall–Kier alpha value is -2.89. The summed E-state index contributed by atoms with van der Waals surface area (Å²) in [7, 11) is 1.77. The predicted molar refractivity (Wildman–Crippen MR) is 92.1 cm³/mol. The molecule has 24 heavy (non-hydrogen) atoms. The van der Waals surface area contributed by atoms with Crippen LogP contribution in [0.15, 0.2) is 48.5 Å². The molecule has 0 fully saturated rings. The molecule has 0 saturated heterocycles. The van der Waals surface area contributed by atoms with Gasteiger partial charge in [-0.25, -0.2) is 4.68 Å². The molecule has 0 saturated carbocycles. The molecule has 124 valence electrons. The summed E-state index contributed by atoms with van der Waals surface area (Å²) in [4.78, 5) is 14.2. The molecule has 3 rings (SSSR count). The summed E-state index contributed by atoms with van der Waals surface area (Å²) in [5.74, 6) is 0.746. The number of para-hydroxylation sites is 1. The Labute approximate surface area is 140 Å². The highest BCUT2D eigenvalue weighted by atomic mass is 16.5. The summed E-state index contributed by atoms with van der Waals surface area (Å²) < 4.78 is 7.44. The van der Waals surface area contributed by atoms with E-state index in [0.29, 0.717) is 18.7 Å². The number of fused-ring (bicyclic) bond motifs is 1. The van der Waals surface area contributed by atoms with Crippen LogP contribution in [-0.2, 0) is 6.54 Å². The second-order valence-electron chi connectivity index (χ2n) is 5.50. The molecule has 2 aromatic carbocycles.